The van der Waals surface area contributed by atoms with Crippen LogP contribution in [0.2, 0.25) is 0 Å². The van der Waals surface area contributed by atoms with Gasteiger partial charge in [0.05, 0.1) is 5.71 Å². The molecule has 0 unspecified atom stereocenters. The Hall–Kier alpha value is -2.49. The molecule has 114 valence electrons. The molecule has 0 radical (unpaired) electrons. The third-order valence-electron chi connectivity index (χ3n) is 3.30. The molecule has 0 aliphatic heterocycles. The number of pyridine rings is 1. The van der Waals surface area contributed by atoms with Gasteiger partial charge in [0.25, 0.3) is 0 Å². The fourth-order valence-electron chi connectivity index (χ4n) is 2.11. The summed E-state index contributed by atoms with van der Waals surface area (Å²) in [4.78, 5) is 15.9. The van der Waals surface area contributed by atoms with Gasteiger partial charge in [-0.3, -0.25) is 9.78 Å². The SMILES string of the molecule is CCCCCC(=O)N/N=C(\c1ccccc1)c1ccncc1. The number of amides is 1. The van der Waals surface area contributed by atoms with Crippen LogP contribution in [0, 0.1) is 0 Å². The van der Waals surface area contributed by atoms with Crippen LogP contribution in [0.1, 0.15) is 43.7 Å². The maximum Gasteiger partial charge on any atom is 0.240 e. The number of hydrazone groups is 1. The van der Waals surface area contributed by atoms with Gasteiger partial charge in [-0.25, -0.2) is 5.43 Å². The fourth-order valence-corrected chi connectivity index (χ4v) is 2.11. The molecule has 2 rings (SSSR count). The van der Waals surface area contributed by atoms with Crippen LogP contribution in [0.3, 0.4) is 0 Å². The van der Waals surface area contributed by atoms with E-state index in [1.165, 1.54) is 0 Å². The number of benzene rings is 1. The van der Waals surface area contributed by atoms with Gasteiger partial charge >= 0.3 is 0 Å². The first-order chi connectivity index (χ1) is 10.8. The molecule has 4 nitrogen and oxygen atoms in total. The van der Waals surface area contributed by atoms with Gasteiger partial charge < -0.3 is 0 Å². The van der Waals surface area contributed by atoms with Gasteiger partial charge in [0, 0.05) is 29.9 Å². The van der Waals surface area contributed by atoms with Crippen molar-refractivity contribution in [3.8, 4) is 0 Å². The molecular weight excluding hydrogens is 274 g/mol. The maximum absolute atomic E-state index is 11.9. The molecule has 0 bridgehead atoms. The lowest BCUT2D eigenvalue weighted by atomic mass is 10.0. The van der Waals surface area contributed by atoms with E-state index in [0.717, 1.165) is 36.1 Å². The molecule has 1 aromatic heterocycles. The van der Waals surface area contributed by atoms with Crippen LogP contribution < -0.4 is 5.43 Å². The fraction of sp³-hybridized carbons (Fsp3) is 0.278. The van der Waals surface area contributed by atoms with Crippen LogP contribution in [0.4, 0.5) is 0 Å². The molecule has 1 aromatic carbocycles. The predicted molar refractivity (Wildman–Crippen MR) is 88.6 cm³/mol. The van der Waals surface area contributed by atoms with Gasteiger partial charge in [-0.2, -0.15) is 5.10 Å². The Morgan fingerprint density at radius 3 is 2.41 bits per heavy atom. The molecule has 1 N–H and O–H groups in total. The highest BCUT2D eigenvalue weighted by Crippen LogP contribution is 2.09. The number of hydrogen-bond acceptors (Lipinski definition) is 3. The van der Waals surface area contributed by atoms with Crippen molar-refractivity contribution in [3.05, 3.63) is 66.0 Å². The van der Waals surface area contributed by atoms with E-state index in [9.17, 15) is 4.79 Å². The number of aromatic nitrogens is 1. The molecule has 1 heterocycles. The minimum atomic E-state index is -0.0454. The highest BCUT2D eigenvalue weighted by Gasteiger charge is 2.07. The molecular formula is C18H21N3O. The number of nitrogens with zero attached hydrogens (tertiary/aromatic N) is 2. The Balaban J connectivity index is 2.15. The number of carbonyl (C=O) groups is 1. The van der Waals surface area contributed by atoms with Crippen molar-refractivity contribution in [1.29, 1.82) is 0 Å². The normalized spacial score (nSPS) is 11.2. The zero-order chi connectivity index (χ0) is 15.6. The van der Waals surface area contributed by atoms with E-state index in [4.69, 9.17) is 0 Å². The summed E-state index contributed by atoms with van der Waals surface area (Å²) >= 11 is 0. The quantitative estimate of drug-likeness (QED) is 0.482. The number of unbranched alkanes of at least 4 members (excludes halogenated alkanes) is 2. The van der Waals surface area contributed by atoms with Gasteiger partial charge in [0.1, 0.15) is 0 Å². The van der Waals surface area contributed by atoms with Crippen LogP contribution >= 0.6 is 0 Å². The number of hydrogen-bond donors (Lipinski definition) is 1. The lowest BCUT2D eigenvalue weighted by molar-refractivity contribution is -0.121. The van der Waals surface area contributed by atoms with Crippen LogP contribution in [-0.4, -0.2) is 16.6 Å². The second kappa shape index (κ2) is 8.72. The smallest absolute Gasteiger partial charge is 0.240 e. The summed E-state index contributed by atoms with van der Waals surface area (Å²) in [5.41, 5.74) is 5.30. The van der Waals surface area contributed by atoms with Gasteiger partial charge in [-0.1, -0.05) is 50.1 Å². The van der Waals surface area contributed by atoms with Crippen LogP contribution in [0.5, 0.6) is 0 Å². The molecule has 0 saturated carbocycles. The van der Waals surface area contributed by atoms with Crippen molar-refractivity contribution >= 4 is 11.6 Å². The summed E-state index contributed by atoms with van der Waals surface area (Å²) in [6.07, 6.45) is 7.01. The lowest BCUT2D eigenvalue weighted by Gasteiger charge is -2.07. The Bertz CT molecular complexity index is 567. The monoisotopic (exact) mass is 295 g/mol. The highest BCUT2D eigenvalue weighted by atomic mass is 16.2. The summed E-state index contributed by atoms with van der Waals surface area (Å²) < 4.78 is 0. The van der Waals surface area contributed by atoms with Crippen molar-refractivity contribution in [2.75, 3.05) is 0 Å². The molecule has 0 aliphatic carbocycles. The van der Waals surface area contributed by atoms with Gasteiger partial charge in [0.2, 0.25) is 5.91 Å². The maximum atomic E-state index is 11.9. The van der Waals surface area contributed by atoms with E-state index in [1.807, 2.05) is 42.5 Å². The van der Waals surface area contributed by atoms with E-state index in [0.29, 0.717) is 6.42 Å². The third-order valence-corrected chi connectivity index (χ3v) is 3.30. The van der Waals surface area contributed by atoms with Gasteiger partial charge in [-0.05, 0) is 18.6 Å². The molecule has 22 heavy (non-hydrogen) atoms. The van der Waals surface area contributed by atoms with Gasteiger partial charge in [0.15, 0.2) is 0 Å². The molecule has 0 atom stereocenters. The molecule has 2 aromatic rings. The average molecular weight is 295 g/mol. The summed E-state index contributed by atoms with van der Waals surface area (Å²) in [7, 11) is 0. The van der Waals surface area contributed by atoms with Crippen molar-refractivity contribution in [2.45, 2.75) is 32.6 Å². The first kappa shape index (κ1) is 15.9. The van der Waals surface area contributed by atoms with Crippen molar-refractivity contribution in [1.82, 2.24) is 10.4 Å². The van der Waals surface area contributed by atoms with Gasteiger partial charge in [-0.15, -0.1) is 0 Å². The van der Waals surface area contributed by atoms with E-state index in [-0.39, 0.29) is 5.91 Å². The first-order valence-corrected chi connectivity index (χ1v) is 7.63. The number of carbonyl (C=O) groups excluding carboxylic acids is 1. The summed E-state index contributed by atoms with van der Waals surface area (Å²) in [6.45, 7) is 2.12. The van der Waals surface area contributed by atoms with Crippen molar-refractivity contribution in [3.63, 3.8) is 0 Å². The Labute approximate surface area is 131 Å². The second-order valence-electron chi connectivity index (χ2n) is 5.05. The zero-order valence-corrected chi connectivity index (χ0v) is 12.8. The highest BCUT2D eigenvalue weighted by molar-refractivity contribution is 6.13. The minimum absolute atomic E-state index is 0.0454. The largest absolute Gasteiger partial charge is 0.273 e. The zero-order valence-electron chi connectivity index (χ0n) is 12.8. The summed E-state index contributed by atoms with van der Waals surface area (Å²) in [5.74, 6) is -0.0454. The van der Waals surface area contributed by atoms with E-state index in [1.54, 1.807) is 12.4 Å². The van der Waals surface area contributed by atoms with E-state index < -0.39 is 0 Å². The summed E-state index contributed by atoms with van der Waals surface area (Å²) in [6, 6.07) is 13.6. The molecule has 0 aliphatic rings. The molecule has 0 saturated heterocycles. The van der Waals surface area contributed by atoms with Crippen molar-refractivity contribution < 1.29 is 4.79 Å². The molecule has 1 amide bonds. The number of rotatable bonds is 7. The minimum Gasteiger partial charge on any atom is -0.273 e. The van der Waals surface area contributed by atoms with Crippen LogP contribution in [-0.2, 0) is 4.79 Å². The van der Waals surface area contributed by atoms with Crippen LogP contribution in [0.15, 0.2) is 60.0 Å². The number of nitrogens with one attached hydrogen (secondary N) is 1. The third kappa shape index (κ3) is 4.81. The Morgan fingerprint density at radius 1 is 1.05 bits per heavy atom. The predicted octanol–water partition coefficient (Wildman–Crippen LogP) is 3.53. The molecule has 4 heteroatoms. The lowest BCUT2D eigenvalue weighted by Crippen LogP contribution is -2.20. The average Bonchev–Trinajstić information content (AvgIpc) is 2.57. The molecule has 0 fully saturated rings. The van der Waals surface area contributed by atoms with Crippen LogP contribution in [0.25, 0.3) is 0 Å². The molecule has 0 spiro atoms. The second-order valence-corrected chi connectivity index (χ2v) is 5.05. The summed E-state index contributed by atoms with van der Waals surface area (Å²) in [5, 5.41) is 4.33. The van der Waals surface area contributed by atoms with E-state index in [2.05, 4.69) is 22.4 Å². The Kier molecular flexibility index (Phi) is 6.30. The Morgan fingerprint density at radius 2 is 1.73 bits per heavy atom. The van der Waals surface area contributed by atoms with Crippen molar-refractivity contribution in [2.24, 2.45) is 5.10 Å². The standard InChI is InChI=1S/C18H21N3O/c1-2-3-5-10-17(22)20-21-18(15-8-6-4-7-9-15)16-11-13-19-14-12-16/h4,6-9,11-14H,2-3,5,10H2,1H3,(H,20,22)/b21-18+. The first-order valence-electron chi connectivity index (χ1n) is 7.63. The van der Waals surface area contributed by atoms with E-state index >= 15 is 0 Å². The topological polar surface area (TPSA) is 54.4 Å².